The summed E-state index contributed by atoms with van der Waals surface area (Å²) >= 11 is 13.3. The fraction of sp³-hybridized carbons (Fsp3) is 0.364. The highest BCUT2D eigenvalue weighted by Crippen LogP contribution is 2.19. The summed E-state index contributed by atoms with van der Waals surface area (Å²) in [7, 11) is 2.86. The first-order chi connectivity index (χ1) is 17.4. The van der Waals surface area contributed by atoms with E-state index < -0.39 is 6.04 Å². The van der Waals surface area contributed by atoms with Crippen molar-refractivity contribution in [3.8, 4) is 0 Å². The lowest BCUT2D eigenvalue weighted by molar-refractivity contribution is -0.111. The molecule has 196 valence electrons. The van der Waals surface area contributed by atoms with Crippen molar-refractivity contribution in [1.82, 2.24) is 20.1 Å². The predicted octanol–water partition coefficient (Wildman–Crippen LogP) is 2.68. The van der Waals surface area contributed by atoms with Crippen LogP contribution < -0.4 is 20.1 Å². The first kappa shape index (κ1) is 31.2. The summed E-state index contributed by atoms with van der Waals surface area (Å²) in [5.74, 6) is 1.64. The van der Waals surface area contributed by atoms with Crippen LogP contribution in [0.15, 0.2) is 36.4 Å². The number of carbonyl (C=O) groups excluding carboxylic acids is 4. The molecular formula is C22H28N4O4S6. The van der Waals surface area contributed by atoms with Crippen LogP contribution in [0.2, 0.25) is 0 Å². The van der Waals surface area contributed by atoms with Gasteiger partial charge in [-0.05, 0) is 46.0 Å². The van der Waals surface area contributed by atoms with E-state index in [9.17, 15) is 19.2 Å². The van der Waals surface area contributed by atoms with Crippen LogP contribution in [0.4, 0.5) is 0 Å². The Morgan fingerprint density at radius 3 is 1.94 bits per heavy atom. The monoisotopic (exact) mass is 604 g/mol. The van der Waals surface area contributed by atoms with E-state index in [4.69, 9.17) is 0 Å². The number of amides is 2. The first-order valence-corrected chi connectivity index (χ1v) is 15.8. The third-order valence-electron chi connectivity index (χ3n) is 4.65. The van der Waals surface area contributed by atoms with Crippen molar-refractivity contribution in [2.75, 3.05) is 36.1 Å². The summed E-state index contributed by atoms with van der Waals surface area (Å²) < 4.78 is 5.93. The van der Waals surface area contributed by atoms with Gasteiger partial charge >= 0.3 is 0 Å². The molecule has 0 bridgehead atoms. The Balaban J connectivity index is 1.78. The van der Waals surface area contributed by atoms with Crippen LogP contribution in [0, 0.1) is 0 Å². The van der Waals surface area contributed by atoms with Gasteiger partial charge in [-0.3, -0.25) is 19.1 Å². The molecule has 2 amide bonds. The molecule has 0 aliphatic rings. The maximum atomic E-state index is 12.5. The predicted molar refractivity (Wildman–Crippen MR) is 163 cm³/mol. The largest absolute Gasteiger partial charge is 0.351 e. The number of rotatable bonds is 17. The summed E-state index contributed by atoms with van der Waals surface area (Å²) in [6.45, 7) is 0.906. The second-order valence-corrected chi connectivity index (χ2v) is 11.6. The van der Waals surface area contributed by atoms with Crippen LogP contribution in [0.1, 0.15) is 20.7 Å². The molecule has 0 unspecified atom stereocenters. The number of hydrogen-bond donors (Lipinski definition) is 7. The minimum atomic E-state index is -0.439. The molecule has 0 saturated carbocycles. The van der Waals surface area contributed by atoms with Crippen molar-refractivity contribution in [1.29, 1.82) is 0 Å². The van der Waals surface area contributed by atoms with E-state index in [2.05, 4.69) is 58.0 Å². The molecule has 0 aliphatic carbocycles. The highest BCUT2D eigenvalue weighted by atomic mass is 33.1. The first-order valence-electron chi connectivity index (χ1n) is 10.8. The van der Waals surface area contributed by atoms with Gasteiger partial charge in [-0.2, -0.15) is 25.3 Å². The lowest BCUT2D eigenvalue weighted by Gasteiger charge is -2.12. The summed E-state index contributed by atoms with van der Waals surface area (Å²) in [5, 5.41) is 7.15. The van der Waals surface area contributed by atoms with Gasteiger partial charge in [0.1, 0.15) is 6.29 Å². The Morgan fingerprint density at radius 2 is 1.44 bits per heavy atom. The maximum Gasteiger partial charge on any atom is 0.251 e. The molecule has 0 heterocycles. The van der Waals surface area contributed by atoms with Gasteiger partial charge < -0.3 is 15.4 Å². The molecular weight excluding hydrogens is 577 g/mol. The van der Waals surface area contributed by atoms with Gasteiger partial charge in [-0.1, -0.05) is 34.9 Å². The molecule has 0 aromatic heterocycles. The van der Waals surface area contributed by atoms with Gasteiger partial charge in [-0.15, -0.1) is 12.6 Å². The number of thiol groups is 3. The SMILES string of the molecule is O=C[C@H](CS)NSSCCNC(=O)c1ccc2cc(C(=O)NCCSN[C@@H](CS)C(=O)S)ccc2c1. The third-order valence-corrected chi connectivity index (χ3v) is 8.61. The summed E-state index contributed by atoms with van der Waals surface area (Å²) in [4.78, 5) is 46.9. The zero-order chi connectivity index (χ0) is 26.3. The Hall–Kier alpha value is -1.00. The average molecular weight is 605 g/mol. The Kier molecular flexibility index (Phi) is 15.2. The van der Waals surface area contributed by atoms with E-state index in [0.717, 1.165) is 17.1 Å². The van der Waals surface area contributed by atoms with Crippen molar-refractivity contribution in [2.45, 2.75) is 12.1 Å². The molecule has 2 aromatic rings. The van der Waals surface area contributed by atoms with E-state index in [1.165, 1.54) is 33.7 Å². The molecule has 2 atom stereocenters. The summed E-state index contributed by atoms with van der Waals surface area (Å²) in [6, 6.07) is 9.92. The van der Waals surface area contributed by atoms with Crippen LogP contribution in [-0.2, 0) is 9.59 Å². The fourth-order valence-electron chi connectivity index (χ4n) is 2.73. The molecule has 4 N–H and O–H groups in total. The zero-order valence-corrected chi connectivity index (χ0v) is 24.3. The lowest BCUT2D eigenvalue weighted by Crippen LogP contribution is -2.33. The molecule has 14 heteroatoms. The van der Waals surface area contributed by atoms with Crippen LogP contribution >= 0.6 is 71.6 Å². The number of aldehydes is 1. The minimum absolute atomic E-state index is 0.177. The van der Waals surface area contributed by atoms with Crippen LogP contribution in [-0.4, -0.2) is 71.4 Å². The number of carbonyl (C=O) groups is 4. The van der Waals surface area contributed by atoms with E-state index in [1.54, 1.807) is 24.3 Å². The highest BCUT2D eigenvalue weighted by Gasteiger charge is 2.13. The quantitative estimate of drug-likeness (QED) is 0.0481. The van der Waals surface area contributed by atoms with Crippen LogP contribution in [0.3, 0.4) is 0 Å². The normalized spacial score (nSPS) is 12.6. The molecule has 0 saturated heterocycles. The molecule has 0 spiro atoms. The summed E-state index contributed by atoms with van der Waals surface area (Å²) in [6.07, 6.45) is 0.811. The maximum absolute atomic E-state index is 12.5. The number of hydrogen-bond acceptors (Lipinski definition) is 11. The Morgan fingerprint density at radius 1 is 0.861 bits per heavy atom. The van der Waals surface area contributed by atoms with Gasteiger partial charge in [0.15, 0.2) is 0 Å². The van der Waals surface area contributed by atoms with Gasteiger partial charge in [-0.25, -0.2) is 4.72 Å². The van der Waals surface area contributed by atoms with E-state index in [-0.39, 0.29) is 23.0 Å². The molecule has 2 rings (SSSR count). The van der Waals surface area contributed by atoms with Gasteiger partial charge in [0.2, 0.25) is 5.12 Å². The second kappa shape index (κ2) is 17.5. The van der Waals surface area contributed by atoms with Crippen molar-refractivity contribution < 1.29 is 19.2 Å². The van der Waals surface area contributed by atoms with E-state index >= 15 is 0 Å². The van der Waals surface area contributed by atoms with E-state index in [1.807, 2.05) is 12.1 Å². The van der Waals surface area contributed by atoms with Gasteiger partial charge in [0.25, 0.3) is 11.8 Å². The standard InChI is InChI=1S/C22H28N4O4S6/c27-11-18(12-31)25-36-35-8-6-24-21(29)17-4-2-14-9-16(3-1-15(14)10-17)20(28)23-5-7-34-26-19(13-32)22(30)33/h1-4,9-11,18-19,25-26,31-32H,5-8,12-13H2,(H,23,28)(H,24,29)(H,30,33)/t18-,19+/m1/s1. The molecule has 0 fully saturated rings. The molecule has 36 heavy (non-hydrogen) atoms. The fourth-order valence-corrected chi connectivity index (χ4v) is 6.18. The van der Waals surface area contributed by atoms with Crippen LogP contribution in [0.5, 0.6) is 0 Å². The van der Waals surface area contributed by atoms with Gasteiger partial charge in [0.05, 0.1) is 12.1 Å². The smallest absolute Gasteiger partial charge is 0.251 e. The third kappa shape index (κ3) is 10.8. The Labute approximate surface area is 239 Å². The van der Waals surface area contributed by atoms with E-state index in [0.29, 0.717) is 47.2 Å². The van der Waals surface area contributed by atoms with Crippen molar-refractivity contribution >= 4 is 106 Å². The summed E-state index contributed by atoms with van der Waals surface area (Å²) in [5.41, 5.74) is 1.06. The van der Waals surface area contributed by atoms with Gasteiger partial charge in [0, 0.05) is 47.2 Å². The molecule has 2 aromatic carbocycles. The molecule has 8 nitrogen and oxygen atoms in total. The Bertz CT molecular complexity index is 1040. The topological polar surface area (TPSA) is 116 Å². The molecule has 0 aliphatic heterocycles. The van der Waals surface area contributed by atoms with Crippen molar-refractivity contribution in [3.63, 3.8) is 0 Å². The highest BCUT2D eigenvalue weighted by molar-refractivity contribution is 8.76. The number of fused-ring (bicyclic) bond motifs is 1. The van der Waals surface area contributed by atoms with Crippen molar-refractivity contribution in [3.05, 3.63) is 47.5 Å². The number of benzene rings is 2. The minimum Gasteiger partial charge on any atom is -0.351 e. The van der Waals surface area contributed by atoms with Crippen molar-refractivity contribution in [2.24, 2.45) is 0 Å². The number of nitrogens with one attached hydrogen (secondary N) is 4. The molecule has 0 radical (unpaired) electrons. The average Bonchev–Trinajstić information content (AvgIpc) is 2.89. The van der Waals surface area contributed by atoms with Crippen LogP contribution in [0.25, 0.3) is 10.8 Å². The zero-order valence-electron chi connectivity index (χ0n) is 19.1. The second-order valence-electron chi connectivity index (χ2n) is 7.28. The lowest BCUT2D eigenvalue weighted by atomic mass is 10.0.